The highest BCUT2D eigenvalue weighted by Crippen LogP contribution is 2.42. The molecule has 3 rings (SSSR count). The van der Waals surface area contributed by atoms with E-state index in [0.717, 1.165) is 45.6 Å². The zero-order valence-electron chi connectivity index (χ0n) is 21.3. The summed E-state index contributed by atoms with van der Waals surface area (Å²) in [4.78, 5) is 18.4. The molecule has 0 bridgehead atoms. The molecule has 5 heteroatoms. The Morgan fingerprint density at radius 1 is 1.00 bits per heavy atom. The van der Waals surface area contributed by atoms with Crippen molar-refractivity contribution in [1.29, 1.82) is 0 Å². The Kier molecular flexibility index (Phi) is 8.54. The molecule has 2 aromatic carbocycles. The summed E-state index contributed by atoms with van der Waals surface area (Å²) < 4.78 is 6.26. The van der Waals surface area contributed by atoms with Crippen molar-refractivity contribution in [3.8, 4) is 5.75 Å². The van der Waals surface area contributed by atoms with Crippen molar-refractivity contribution < 1.29 is 19.5 Å². The minimum atomic E-state index is -0.0770. The van der Waals surface area contributed by atoms with Crippen LogP contribution < -0.4 is 4.74 Å². The van der Waals surface area contributed by atoms with Gasteiger partial charge < -0.3 is 14.7 Å². The van der Waals surface area contributed by atoms with E-state index in [1.165, 1.54) is 0 Å². The first-order valence-electron chi connectivity index (χ1n) is 12.2. The van der Waals surface area contributed by atoms with Gasteiger partial charge in [-0.1, -0.05) is 48.8 Å². The maximum atomic E-state index is 13.2. The maximum absolute atomic E-state index is 13.2. The number of Topliss-reactive ketones (excluding diaryl/α,β-unsaturated/α-hetero) is 1. The number of oxime groups is 1. The fourth-order valence-electron chi connectivity index (χ4n) is 4.89. The minimum Gasteiger partial charge on any atom is -0.511 e. The first kappa shape index (κ1) is 25.5. The molecule has 1 aliphatic carbocycles. The van der Waals surface area contributed by atoms with E-state index in [1.807, 2.05) is 32.0 Å². The van der Waals surface area contributed by atoms with Crippen molar-refractivity contribution in [2.75, 3.05) is 6.61 Å². The monoisotopic (exact) mass is 463 g/mol. The normalized spacial score (nSPS) is 16.7. The van der Waals surface area contributed by atoms with Crippen molar-refractivity contribution in [1.82, 2.24) is 0 Å². The van der Waals surface area contributed by atoms with Crippen LogP contribution in [0.15, 0.2) is 46.8 Å². The quantitative estimate of drug-likeness (QED) is 0.323. The molecule has 34 heavy (non-hydrogen) atoms. The van der Waals surface area contributed by atoms with Gasteiger partial charge in [0.05, 0.1) is 11.3 Å². The van der Waals surface area contributed by atoms with Gasteiger partial charge in [-0.2, -0.15) is 0 Å². The number of ketones is 1. The van der Waals surface area contributed by atoms with E-state index in [2.05, 4.69) is 45.0 Å². The van der Waals surface area contributed by atoms with Gasteiger partial charge in [-0.05, 0) is 80.3 Å². The lowest BCUT2D eigenvalue weighted by Gasteiger charge is -2.29. The lowest BCUT2D eigenvalue weighted by Crippen LogP contribution is -2.25. The van der Waals surface area contributed by atoms with Crippen LogP contribution in [0.5, 0.6) is 5.75 Å². The highest BCUT2D eigenvalue weighted by atomic mass is 16.6. The molecule has 0 saturated carbocycles. The van der Waals surface area contributed by atoms with E-state index in [9.17, 15) is 9.90 Å². The van der Waals surface area contributed by atoms with Crippen LogP contribution in [0, 0.1) is 27.7 Å². The molecule has 5 nitrogen and oxygen atoms in total. The van der Waals surface area contributed by atoms with Gasteiger partial charge in [0.1, 0.15) is 24.7 Å². The van der Waals surface area contributed by atoms with Crippen LogP contribution in [0.25, 0.3) is 0 Å². The Bertz CT molecular complexity index is 1070. The Balaban J connectivity index is 1.93. The second-order valence-corrected chi connectivity index (χ2v) is 9.07. The largest absolute Gasteiger partial charge is 0.511 e. The van der Waals surface area contributed by atoms with Crippen molar-refractivity contribution >= 4 is 11.5 Å². The van der Waals surface area contributed by atoms with E-state index in [4.69, 9.17) is 9.57 Å². The predicted molar refractivity (Wildman–Crippen MR) is 137 cm³/mol. The summed E-state index contributed by atoms with van der Waals surface area (Å²) in [6.45, 7) is 13.1. The fraction of sp³-hybridized carbons (Fsp3) is 0.448. The van der Waals surface area contributed by atoms with Crippen LogP contribution >= 0.6 is 0 Å². The predicted octanol–water partition coefficient (Wildman–Crippen LogP) is 6.95. The molecule has 0 aromatic heterocycles. The summed E-state index contributed by atoms with van der Waals surface area (Å²) in [5.74, 6) is 0.872. The third kappa shape index (κ3) is 5.35. The lowest BCUT2D eigenvalue weighted by molar-refractivity contribution is -0.116. The molecule has 1 aliphatic rings. The number of aliphatic hydroxyl groups excluding tert-OH is 1. The minimum absolute atomic E-state index is 0.0702. The van der Waals surface area contributed by atoms with Crippen LogP contribution in [-0.4, -0.2) is 23.2 Å². The molecular weight excluding hydrogens is 426 g/mol. The average Bonchev–Trinajstić information content (AvgIpc) is 2.81. The number of aliphatic hydroxyl groups is 1. The molecule has 2 aromatic rings. The Morgan fingerprint density at radius 2 is 1.65 bits per heavy atom. The Hall–Kier alpha value is -3.08. The molecule has 1 atom stereocenters. The van der Waals surface area contributed by atoms with Crippen LogP contribution in [0.3, 0.4) is 0 Å². The van der Waals surface area contributed by atoms with Gasteiger partial charge in [-0.15, -0.1) is 0 Å². The Morgan fingerprint density at radius 3 is 2.21 bits per heavy atom. The summed E-state index contributed by atoms with van der Waals surface area (Å²) in [7, 11) is 0. The van der Waals surface area contributed by atoms with E-state index < -0.39 is 0 Å². The number of rotatable bonds is 9. The fourth-order valence-corrected chi connectivity index (χ4v) is 4.89. The number of benzene rings is 2. The molecular formula is C29H37NO4. The number of hydrogen-bond donors (Lipinski definition) is 1. The molecule has 0 spiro atoms. The Labute approximate surface area is 203 Å². The SMILES string of the molecule is CCC/C(=N\OCC)C1=C(O)CC(c2c(C)c(C)c(OCc3ccccc3)c(C)c2C)CC1=O. The lowest BCUT2D eigenvalue weighted by atomic mass is 9.76. The van der Waals surface area contributed by atoms with Gasteiger partial charge in [0.15, 0.2) is 5.78 Å². The first-order chi connectivity index (χ1) is 16.3. The zero-order chi connectivity index (χ0) is 24.8. The van der Waals surface area contributed by atoms with Gasteiger partial charge >= 0.3 is 0 Å². The van der Waals surface area contributed by atoms with Gasteiger partial charge in [0, 0.05) is 12.8 Å². The molecule has 1 N–H and O–H groups in total. The summed E-state index contributed by atoms with van der Waals surface area (Å²) in [6.07, 6.45) is 2.18. The smallest absolute Gasteiger partial charge is 0.168 e. The van der Waals surface area contributed by atoms with Crippen molar-refractivity contribution in [3.63, 3.8) is 0 Å². The molecule has 182 valence electrons. The van der Waals surface area contributed by atoms with Crippen LogP contribution in [0.2, 0.25) is 0 Å². The maximum Gasteiger partial charge on any atom is 0.168 e. The summed E-state index contributed by atoms with van der Waals surface area (Å²) in [5, 5.41) is 15.1. The van der Waals surface area contributed by atoms with Crippen LogP contribution in [0.1, 0.15) is 78.8 Å². The number of ether oxygens (including phenoxy) is 1. The molecule has 0 saturated heterocycles. The number of carbonyl (C=O) groups is 1. The van der Waals surface area contributed by atoms with E-state index in [-0.39, 0.29) is 17.5 Å². The van der Waals surface area contributed by atoms with Gasteiger partial charge in [0.25, 0.3) is 0 Å². The first-order valence-corrected chi connectivity index (χ1v) is 12.2. The second-order valence-electron chi connectivity index (χ2n) is 9.07. The van der Waals surface area contributed by atoms with E-state index in [0.29, 0.717) is 43.8 Å². The third-order valence-corrected chi connectivity index (χ3v) is 6.77. The second kappa shape index (κ2) is 11.4. The number of hydrogen-bond acceptors (Lipinski definition) is 5. The number of carbonyl (C=O) groups excluding carboxylic acids is 1. The zero-order valence-corrected chi connectivity index (χ0v) is 21.3. The van der Waals surface area contributed by atoms with Gasteiger partial charge in [-0.3, -0.25) is 4.79 Å². The van der Waals surface area contributed by atoms with Crippen LogP contribution in [-0.2, 0) is 16.2 Å². The third-order valence-electron chi connectivity index (χ3n) is 6.77. The highest BCUT2D eigenvalue weighted by Gasteiger charge is 2.34. The standard InChI is InChI=1S/C29H37NO4/c1-7-12-24(30-34-8-2)28-25(31)15-23(16-26(28)32)27-18(3)20(5)29(21(6)19(27)4)33-17-22-13-10-9-11-14-22/h9-11,13-14,23,31H,7-8,12,15-17H2,1-6H3/b30-24+. The molecule has 1 unspecified atom stereocenters. The highest BCUT2D eigenvalue weighted by molar-refractivity contribution is 6.23. The molecule has 0 fully saturated rings. The number of nitrogens with zero attached hydrogens (tertiary/aromatic N) is 1. The van der Waals surface area contributed by atoms with Crippen molar-refractivity contribution in [3.05, 3.63) is 75.0 Å². The van der Waals surface area contributed by atoms with Gasteiger partial charge in [0.2, 0.25) is 0 Å². The van der Waals surface area contributed by atoms with E-state index in [1.54, 1.807) is 0 Å². The van der Waals surface area contributed by atoms with Crippen molar-refractivity contribution in [2.45, 2.75) is 79.8 Å². The molecule has 0 aliphatic heterocycles. The molecule has 0 amide bonds. The topological polar surface area (TPSA) is 68.1 Å². The molecule has 0 radical (unpaired) electrons. The summed E-state index contributed by atoms with van der Waals surface area (Å²) in [6, 6.07) is 10.1. The average molecular weight is 464 g/mol. The van der Waals surface area contributed by atoms with Crippen LogP contribution in [0.4, 0.5) is 0 Å². The molecule has 0 heterocycles. The van der Waals surface area contributed by atoms with E-state index >= 15 is 0 Å². The summed E-state index contributed by atoms with van der Waals surface area (Å²) in [5.41, 5.74) is 7.57. The summed E-state index contributed by atoms with van der Waals surface area (Å²) >= 11 is 0. The number of allylic oxidation sites excluding steroid dienone is 2. The van der Waals surface area contributed by atoms with Gasteiger partial charge in [-0.25, -0.2) is 0 Å². The van der Waals surface area contributed by atoms with Crippen molar-refractivity contribution in [2.24, 2.45) is 5.16 Å².